The van der Waals surface area contributed by atoms with E-state index in [0.29, 0.717) is 19.6 Å². The fourth-order valence-electron chi connectivity index (χ4n) is 3.03. The Morgan fingerprint density at radius 3 is 2.60 bits per heavy atom. The van der Waals surface area contributed by atoms with Crippen LogP contribution in [0.3, 0.4) is 0 Å². The van der Waals surface area contributed by atoms with Gasteiger partial charge in [0, 0.05) is 30.8 Å². The lowest BCUT2D eigenvalue weighted by atomic mass is 10.1. The fraction of sp³-hybridized carbons (Fsp3) is 0.421. The molecule has 2 aromatic rings. The van der Waals surface area contributed by atoms with E-state index in [0.717, 1.165) is 35.6 Å². The highest BCUT2D eigenvalue weighted by molar-refractivity contribution is 5.78. The van der Waals surface area contributed by atoms with E-state index >= 15 is 0 Å². The molecule has 1 amide bonds. The van der Waals surface area contributed by atoms with Crippen LogP contribution in [0.2, 0.25) is 0 Å². The molecule has 1 N–H and O–H groups in total. The number of amides is 1. The molecule has 1 aliphatic heterocycles. The molecule has 0 aliphatic carbocycles. The molecule has 0 saturated heterocycles. The van der Waals surface area contributed by atoms with Crippen molar-refractivity contribution < 1.29 is 4.79 Å². The number of hydrogen-bond donors (Lipinski definition) is 1. The maximum Gasteiger partial charge on any atom is 0.236 e. The highest BCUT2D eigenvalue weighted by atomic mass is 16.2. The van der Waals surface area contributed by atoms with Crippen molar-refractivity contribution in [3.63, 3.8) is 0 Å². The van der Waals surface area contributed by atoms with Gasteiger partial charge < -0.3 is 15.1 Å². The molecule has 1 aliphatic rings. The summed E-state index contributed by atoms with van der Waals surface area (Å²) in [5, 5.41) is 3.40. The zero-order valence-corrected chi connectivity index (χ0v) is 15.1. The quantitative estimate of drug-likeness (QED) is 0.923. The van der Waals surface area contributed by atoms with Gasteiger partial charge in [-0.1, -0.05) is 17.7 Å². The first-order chi connectivity index (χ1) is 12.0. The van der Waals surface area contributed by atoms with E-state index in [4.69, 9.17) is 0 Å². The van der Waals surface area contributed by atoms with Crippen LogP contribution in [-0.4, -0.2) is 59.4 Å². The molecule has 0 bridgehead atoms. The van der Waals surface area contributed by atoms with Crippen molar-refractivity contribution in [3.05, 3.63) is 47.4 Å². The summed E-state index contributed by atoms with van der Waals surface area (Å²) >= 11 is 0. The summed E-state index contributed by atoms with van der Waals surface area (Å²) in [6.45, 7) is 3.92. The van der Waals surface area contributed by atoms with Crippen LogP contribution < -0.4 is 5.32 Å². The minimum Gasteiger partial charge on any atom is -0.341 e. The van der Waals surface area contributed by atoms with Crippen LogP contribution in [0, 0.1) is 6.92 Å². The molecule has 0 unspecified atom stereocenters. The van der Waals surface area contributed by atoms with Gasteiger partial charge in [-0.3, -0.25) is 4.79 Å². The van der Waals surface area contributed by atoms with Gasteiger partial charge in [-0.15, -0.1) is 0 Å². The van der Waals surface area contributed by atoms with E-state index in [-0.39, 0.29) is 5.91 Å². The summed E-state index contributed by atoms with van der Waals surface area (Å²) < 4.78 is 0. The number of anilines is 2. The van der Waals surface area contributed by atoms with Crippen LogP contribution >= 0.6 is 0 Å². The minimum absolute atomic E-state index is 0.166. The number of carbonyl (C=O) groups is 1. The molecule has 0 saturated carbocycles. The topological polar surface area (TPSA) is 61.4 Å². The second-order valence-electron chi connectivity index (χ2n) is 6.76. The average molecular weight is 339 g/mol. The number of carbonyl (C=O) groups excluding carboxylic acids is 1. The number of hydrogen-bond acceptors (Lipinski definition) is 5. The molecule has 6 heteroatoms. The summed E-state index contributed by atoms with van der Waals surface area (Å²) in [6, 6.07) is 8.24. The number of nitrogens with one attached hydrogen (secondary N) is 1. The first-order valence-electron chi connectivity index (χ1n) is 8.62. The third kappa shape index (κ3) is 4.33. The van der Waals surface area contributed by atoms with E-state index in [1.165, 1.54) is 5.56 Å². The maximum absolute atomic E-state index is 12.4. The SMILES string of the molecule is Cc1ccc(Nc2ncnc3c2CCN(C(=O)CN(C)C)CC3)cc1. The second-order valence-corrected chi connectivity index (χ2v) is 6.76. The van der Waals surface area contributed by atoms with Gasteiger partial charge in [0.25, 0.3) is 0 Å². The van der Waals surface area contributed by atoms with Crippen molar-refractivity contribution in [2.45, 2.75) is 19.8 Å². The van der Waals surface area contributed by atoms with Gasteiger partial charge in [-0.2, -0.15) is 0 Å². The molecule has 132 valence electrons. The van der Waals surface area contributed by atoms with Gasteiger partial charge in [-0.05, 0) is 39.6 Å². The van der Waals surface area contributed by atoms with Crippen LogP contribution in [0.25, 0.3) is 0 Å². The van der Waals surface area contributed by atoms with Gasteiger partial charge in [0.2, 0.25) is 5.91 Å². The Morgan fingerprint density at radius 2 is 1.88 bits per heavy atom. The van der Waals surface area contributed by atoms with Crippen molar-refractivity contribution in [1.82, 2.24) is 19.8 Å². The Balaban J connectivity index is 1.76. The molecule has 25 heavy (non-hydrogen) atoms. The van der Waals surface area contributed by atoms with E-state index < -0.39 is 0 Å². The first kappa shape index (κ1) is 17.4. The van der Waals surface area contributed by atoms with Crippen LogP contribution in [0.4, 0.5) is 11.5 Å². The van der Waals surface area contributed by atoms with Crippen LogP contribution in [-0.2, 0) is 17.6 Å². The van der Waals surface area contributed by atoms with Crippen molar-refractivity contribution in [1.29, 1.82) is 0 Å². The van der Waals surface area contributed by atoms with Crippen LogP contribution in [0.15, 0.2) is 30.6 Å². The number of fused-ring (bicyclic) bond motifs is 1. The Labute approximate surface area is 148 Å². The molecule has 0 atom stereocenters. The van der Waals surface area contributed by atoms with Gasteiger partial charge in [0.15, 0.2) is 0 Å². The lowest BCUT2D eigenvalue weighted by Gasteiger charge is -2.22. The number of benzene rings is 1. The first-order valence-corrected chi connectivity index (χ1v) is 8.62. The Hall–Kier alpha value is -2.47. The van der Waals surface area contributed by atoms with E-state index in [9.17, 15) is 4.79 Å². The van der Waals surface area contributed by atoms with Gasteiger partial charge in [-0.25, -0.2) is 9.97 Å². The highest BCUT2D eigenvalue weighted by Crippen LogP contribution is 2.24. The van der Waals surface area contributed by atoms with Crippen molar-refractivity contribution >= 4 is 17.4 Å². The molecule has 1 aromatic heterocycles. The highest BCUT2D eigenvalue weighted by Gasteiger charge is 2.21. The fourth-order valence-corrected chi connectivity index (χ4v) is 3.03. The van der Waals surface area contributed by atoms with Crippen LogP contribution in [0.5, 0.6) is 0 Å². The van der Waals surface area contributed by atoms with Gasteiger partial charge in [0.1, 0.15) is 12.1 Å². The lowest BCUT2D eigenvalue weighted by Crippen LogP contribution is -2.39. The van der Waals surface area contributed by atoms with Crippen molar-refractivity contribution in [3.8, 4) is 0 Å². The summed E-state index contributed by atoms with van der Waals surface area (Å²) in [4.78, 5) is 25.1. The zero-order chi connectivity index (χ0) is 17.8. The third-order valence-corrected chi connectivity index (χ3v) is 4.40. The molecule has 0 spiro atoms. The number of aryl methyl sites for hydroxylation is 1. The normalized spacial score (nSPS) is 14.2. The van der Waals surface area contributed by atoms with Crippen molar-refractivity contribution in [2.75, 3.05) is 39.0 Å². The second kappa shape index (κ2) is 7.61. The molecular weight excluding hydrogens is 314 g/mol. The Kier molecular flexibility index (Phi) is 5.28. The number of rotatable bonds is 4. The molecule has 1 aromatic carbocycles. The largest absolute Gasteiger partial charge is 0.341 e. The molecule has 6 nitrogen and oxygen atoms in total. The summed E-state index contributed by atoms with van der Waals surface area (Å²) in [5.41, 5.74) is 4.38. The Morgan fingerprint density at radius 1 is 1.16 bits per heavy atom. The van der Waals surface area contributed by atoms with E-state index in [1.807, 2.05) is 36.0 Å². The van der Waals surface area contributed by atoms with Gasteiger partial charge >= 0.3 is 0 Å². The molecule has 0 fully saturated rings. The predicted molar refractivity (Wildman–Crippen MR) is 99.0 cm³/mol. The summed E-state index contributed by atoms with van der Waals surface area (Å²) in [7, 11) is 3.83. The number of aromatic nitrogens is 2. The third-order valence-electron chi connectivity index (χ3n) is 4.40. The number of likely N-dealkylation sites (N-methyl/N-ethyl adjacent to an activating group) is 1. The molecule has 0 radical (unpaired) electrons. The van der Waals surface area contributed by atoms with E-state index in [2.05, 4.69) is 34.3 Å². The zero-order valence-electron chi connectivity index (χ0n) is 15.1. The molecular formula is C19H25N5O. The standard InChI is InChI=1S/C19H25N5O/c1-14-4-6-15(7-5-14)22-19-16-8-10-24(18(25)12-23(2)3)11-9-17(16)20-13-21-19/h4-7,13H,8-12H2,1-3H3,(H,20,21,22). The molecule has 2 heterocycles. The lowest BCUT2D eigenvalue weighted by molar-refractivity contribution is -0.131. The number of nitrogens with zero attached hydrogens (tertiary/aromatic N) is 4. The summed E-state index contributed by atoms with van der Waals surface area (Å²) in [6.07, 6.45) is 3.13. The van der Waals surface area contributed by atoms with Crippen molar-refractivity contribution in [2.24, 2.45) is 0 Å². The monoisotopic (exact) mass is 339 g/mol. The predicted octanol–water partition coefficient (Wildman–Crippen LogP) is 2.02. The summed E-state index contributed by atoms with van der Waals surface area (Å²) in [5.74, 6) is 1.01. The Bertz CT molecular complexity index is 742. The smallest absolute Gasteiger partial charge is 0.236 e. The molecule has 3 rings (SSSR count). The average Bonchev–Trinajstić information content (AvgIpc) is 2.80. The van der Waals surface area contributed by atoms with Gasteiger partial charge in [0.05, 0.1) is 12.2 Å². The van der Waals surface area contributed by atoms with Crippen LogP contribution in [0.1, 0.15) is 16.8 Å². The van der Waals surface area contributed by atoms with E-state index in [1.54, 1.807) is 6.33 Å². The minimum atomic E-state index is 0.166. The maximum atomic E-state index is 12.4.